The van der Waals surface area contributed by atoms with Crippen molar-refractivity contribution in [3.63, 3.8) is 0 Å². The summed E-state index contributed by atoms with van der Waals surface area (Å²) in [5.41, 5.74) is 1.12. The molecular weight excluding hydrogens is 303 g/mol. The van der Waals surface area contributed by atoms with Gasteiger partial charge in [-0.25, -0.2) is 0 Å². The molecule has 4 heteroatoms. The molecule has 0 saturated carbocycles. The fourth-order valence-electron chi connectivity index (χ4n) is 1.52. The van der Waals surface area contributed by atoms with Gasteiger partial charge >= 0.3 is 5.97 Å². The smallest absolute Gasteiger partial charge is 0.319 e. The van der Waals surface area contributed by atoms with E-state index in [1.54, 1.807) is 6.92 Å². The van der Waals surface area contributed by atoms with Crippen molar-refractivity contribution in [2.75, 3.05) is 6.61 Å². The molecule has 0 radical (unpaired) electrons. The summed E-state index contributed by atoms with van der Waals surface area (Å²) in [6.07, 6.45) is 2.53. The van der Waals surface area contributed by atoms with Crippen molar-refractivity contribution in [3.05, 3.63) is 34.9 Å². The summed E-state index contributed by atoms with van der Waals surface area (Å²) in [7, 11) is 0. The predicted octanol–water partition coefficient (Wildman–Crippen LogP) is 3.99. The summed E-state index contributed by atoms with van der Waals surface area (Å²) in [4.78, 5) is 11.1. The summed E-state index contributed by atoms with van der Waals surface area (Å²) in [5.74, 6) is -0.188. The lowest BCUT2D eigenvalue weighted by Crippen LogP contribution is -2.17. The highest BCUT2D eigenvalue weighted by Gasteiger charge is 2.15. The summed E-state index contributed by atoms with van der Waals surface area (Å²) in [6.45, 7) is 2.23. The highest BCUT2D eigenvalue weighted by molar-refractivity contribution is 9.10. The topological polar surface area (TPSA) is 26.3 Å². The Hall–Kier alpha value is -0.540. The lowest BCUT2D eigenvalue weighted by molar-refractivity contribution is -0.142. The van der Waals surface area contributed by atoms with Crippen LogP contribution in [0.4, 0.5) is 0 Å². The molecule has 0 aliphatic heterocycles. The van der Waals surface area contributed by atoms with Gasteiger partial charge in [-0.3, -0.25) is 4.79 Å². The van der Waals surface area contributed by atoms with Gasteiger partial charge in [-0.1, -0.05) is 45.7 Å². The molecule has 1 aromatic rings. The van der Waals surface area contributed by atoms with Crippen molar-refractivity contribution in [3.8, 4) is 0 Å². The molecule has 1 unspecified atom stereocenters. The average Bonchev–Trinajstić information content (AvgIpc) is 2.31. The minimum absolute atomic E-state index is 0.188. The van der Waals surface area contributed by atoms with Crippen molar-refractivity contribution < 1.29 is 9.53 Å². The maximum Gasteiger partial charge on any atom is 0.319 e. The monoisotopic (exact) mass is 318 g/mol. The van der Waals surface area contributed by atoms with Crippen LogP contribution in [0, 0.1) is 0 Å². The van der Waals surface area contributed by atoms with Crippen LogP contribution in [-0.4, -0.2) is 17.4 Å². The first kappa shape index (κ1) is 14.5. The number of hydrogen-bond acceptors (Lipinski definition) is 2. The summed E-state index contributed by atoms with van der Waals surface area (Å²) in [5, 5.41) is 0.787. The Morgan fingerprint density at radius 1 is 1.47 bits per heavy atom. The van der Waals surface area contributed by atoms with Crippen molar-refractivity contribution in [1.29, 1.82) is 0 Å². The van der Waals surface area contributed by atoms with E-state index in [-0.39, 0.29) is 10.8 Å². The Labute approximate surface area is 115 Å². The third-order valence-electron chi connectivity index (χ3n) is 2.40. The molecule has 0 saturated heterocycles. The maximum absolute atomic E-state index is 11.4. The van der Waals surface area contributed by atoms with Gasteiger partial charge in [0.2, 0.25) is 0 Å². The molecule has 1 aromatic carbocycles. The molecule has 0 fully saturated rings. The minimum Gasteiger partial charge on any atom is -0.465 e. The normalized spacial score (nSPS) is 12.2. The zero-order valence-electron chi connectivity index (χ0n) is 9.79. The van der Waals surface area contributed by atoms with Crippen LogP contribution in [0.15, 0.2) is 24.3 Å². The van der Waals surface area contributed by atoms with Crippen LogP contribution >= 0.6 is 27.5 Å². The lowest BCUT2D eigenvalue weighted by atomic mass is 10.1. The number of rotatable bonds is 6. The van der Waals surface area contributed by atoms with E-state index in [0.29, 0.717) is 6.61 Å². The van der Waals surface area contributed by atoms with E-state index in [1.165, 1.54) is 0 Å². The number of esters is 1. The van der Waals surface area contributed by atoms with Crippen LogP contribution in [0.2, 0.25) is 5.02 Å². The number of aryl methyl sites for hydroxylation is 1. The van der Waals surface area contributed by atoms with Gasteiger partial charge in [-0.05, 0) is 37.8 Å². The Kier molecular flexibility index (Phi) is 6.60. The molecule has 94 valence electrons. The molecule has 0 aliphatic rings. The van der Waals surface area contributed by atoms with E-state index in [0.717, 1.165) is 29.8 Å². The zero-order valence-corrected chi connectivity index (χ0v) is 12.1. The van der Waals surface area contributed by atoms with Gasteiger partial charge in [-0.2, -0.15) is 0 Å². The first-order valence-electron chi connectivity index (χ1n) is 5.69. The highest BCUT2D eigenvalue weighted by Crippen LogP contribution is 2.19. The van der Waals surface area contributed by atoms with Crippen molar-refractivity contribution in [1.82, 2.24) is 0 Å². The minimum atomic E-state index is -0.218. The SMILES string of the molecule is CCOC(=O)C(Br)CCCc1ccccc1Cl. The number of alkyl halides is 1. The van der Waals surface area contributed by atoms with Crippen LogP contribution < -0.4 is 0 Å². The number of benzene rings is 1. The second kappa shape index (κ2) is 7.72. The van der Waals surface area contributed by atoms with Gasteiger partial charge in [0.15, 0.2) is 0 Å². The van der Waals surface area contributed by atoms with Crippen LogP contribution in [-0.2, 0) is 16.0 Å². The molecule has 0 N–H and O–H groups in total. The summed E-state index contributed by atoms with van der Waals surface area (Å²) >= 11 is 9.38. The zero-order chi connectivity index (χ0) is 12.7. The Balaban J connectivity index is 2.33. The molecule has 1 rings (SSSR count). The van der Waals surface area contributed by atoms with Crippen LogP contribution in [0.25, 0.3) is 0 Å². The molecule has 0 bridgehead atoms. The van der Waals surface area contributed by atoms with E-state index in [9.17, 15) is 4.79 Å². The lowest BCUT2D eigenvalue weighted by Gasteiger charge is -2.09. The van der Waals surface area contributed by atoms with Crippen molar-refractivity contribution in [2.45, 2.75) is 31.0 Å². The third kappa shape index (κ3) is 5.09. The number of ether oxygens (including phenoxy) is 1. The van der Waals surface area contributed by atoms with E-state index < -0.39 is 0 Å². The van der Waals surface area contributed by atoms with Gasteiger partial charge in [0.05, 0.1) is 6.61 Å². The Morgan fingerprint density at radius 2 is 2.18 bits per heavy atom. The first-order chi connectivity index (χ1) is 8.15. The molecule has 0 aliphatic carbocycles. The largest absolute Gasteiger partial charge is 0.465 e. The maximum atomic E-state index is 11.4. The number of carbonyl (C=O) groups excluding carboxylic acids is 1. The van der Waals surface area contributed by atoms with Crippen molar-refractivity contribution >= 4 is 33.5 Å². The van der Waals surface area contributed by atoms with E-state index in [2.05, 4.69) is 15.9 Å². The fraction of sp³-hybridized carbons (Fsp3) is 0.462. The molecule has 0 spiro atoms. The molecule has 2 nitrogen and oxygen atoms in total. The molecule has 1 atom stereocenters. The molecule has 0 aromatic heterocycles. The standard InChI is InChI=1S/C13H16BrClO2/c1-2-17-13(16)11(14)8-5-7-10-6-3-4-9-12(10)15/h3-4,6,9,11H,2,5,7-8H2,1H3. The van der Waals surface area contributed by atoms with Gasteiger partial charge < -0.3 is 4.74 Å². The molecule has 0 heterocycles. The number of hydrogen-bond donors (Lipinski definition) is 0. The fourth-order valence-corrected chi connectivity index (χ4v) is 2.21. The van der Waals surface area contributed by atoms with Crippen LogP contribution in [0.1, 0.15) is 25.3 Å². The Morgan fingerprint density at radius 3 is 2.82 bits per heavy atom. The van der Waals surface area contributed by atoms with E-state index in [1.807, 2.05) is 24.3 Å². The quantitative estimate of drug-likeness (QED) is 0.585. The molecule has 0 amide bonds. The van der Waals surface area contributed by atoms with E-state index in [4.69, 9.17) is 16.3 Å². The highest BCUT2D eigenvalue weighted by atomic mass is 79.9. The Bertz CT molecular complexity index is 368. The first-order valence-corrected chi connectivity index (χ1v) is 6.98. The summed E-state index contributed by atoms with van der Waals surface area (Å²) < 4.78 is 4.92. The average molecular weight is 320 g/mol. The van der Waals surface area contributed by atoms with Gasteiger partial charge in [0, 0.05) is 5.02 Å². The van der Waals surface area contributed by atoms with Gasteiger partial charge in [-0.15, -0.1) is 0 Å². The third-order valence-corrected chi connectivity index (χ3v) is 3.60. The number of carbonyl (C=O) groups is 1. The van der Waals surface area contributed by atoms with Crippen molar-refractivity contribution in [2.24, 2.45) is 0 Å². The van der Waals surface area contributed by atoms with Gasteiger partial charge in [0.25, 0.3) is 0 Å². The number of halogens is 2. The second-order valence-corrected chi connectivity index (χ2v) is 5.22. The van der Waals surface area contributed by atoms with E-state index >= 15 is 0 Å². The molecular formula is C13H16BrClO2. The predicted molar refractivity (Wildman–Crippen MR) is 73.7 cm³/mol. The summed E-state index contributed by atoms with van der Waals surface area (Å²) in [6, 6.07) is 7.78. The second-order valence-electron chi connectivity index (χ2n) is 3.70. The molecule has 17 heavy (non-hydrogen) atoms. The van der Waals surface area contributed by atoms with Crippen LogP contribution in [0.3, 0.4) is 0 Å². The van der Waals surface area contributed by atoms with Crippen LogP contribution in [0.5, 0.6) is 0 Å². The van der Waals surface area contributed by atoms with Gasteiger partial charge in [0.1, 0.15) is 4.83 Å².